The summed E-state index contributed by atoms with van der Waals surface area (Å²) in [6.07, 6.45) is 7.05. The Hall–Kier alpha value is -0.930. The van der Waals surface area contributed by atoms with Gasteiger partial charge in [-0.05, 0) is 58.8 Å². The molecule has 1 aromatic rings. The lowest BCUT2D eigenvalue weighted by Gasteiger charge is -2.37. The number of hydrogen-bond acceptors (Lipinski definition) is 3. The Morgan fingerprint density at radius 2 is 2.00 bits per heavy atom. The van der Waals surface area contributed by atoms with Crippen molar-refractivity contribution in [1.82, 2.24) is 15.2 Å². The molecule has 0 spiro atoms. The van der Waals surface area contributed by atoms with E-state index in [4.69, 9.17) is 0 Å². The first-order valence-electron chi connectivity index (χ1n) is 7.02. The van der Waals surface area contributed by atoms with Gasteiger partial charge >= 0.3 is 0 Å². The van der Waals surface area contributed by atoms with Crippen molar-refractivity contribution in [3.05, 3.63) is 30.1 Å². The predicted molar refractivity (Wildman–Crippen MR) is 75.5 cm³/mol. The van der Waals surface area contributed by atoms with Crippen LogP contribution in [0.15, 0.2) is 24.4 Å². The van der Waals surface area contributed by atoms with Crippen LogP contribution >= 0.6 is 0 Å². The van der Waals surface area contributed by atoms with Gasteiger partial charge in [-0.1, -0.05) is 6.07 Å². The summed E-state index contributed by atoms with van der Waals surface area (Å²) in [5.41, 5.74) is 1.18. The molecule has 1 atom stereocenters. The second-order valence-corrected chi connectivity index (χ2v) is 5.39. The lowest BCUT2D eigenvalue weighted by atomic mass is 9.89. The summed E-state index contributed by atoms with van der Waals surface area (Å²) in [6.45, 7) is 2.26. The Kier molecular flexibility index (Phi) is 4.72. The SMILES string of the molecule is CNC1CCC(N(C)C(C)c2ccccn2)CC1. The first-order valence-corrected chi connectivity index (χ1v) is 7.02. The molecule has 1 aliphatic carbocycles. The molecule has 0 bridgehead atoms. The zero-order chi connectivity index (χ0) is 13.0. The average Bonchev–Trinajstić information content (AvgIpc) is 2.47. The predicted octanol–water partition coefficient (Wildman–Crippen LogP) is 2.61. The minimum atomic E-state index is 0.405. The van der Waals surface area contributed by atoms with Crippen LogP contribution in [-0.2, 0) is 0 Å². The van der Waals surface area contributed by atoms with E-state index < -0.39 is 0 Å². The fourth-order valence-electron chi connectivity index (χ4n) is 2.92. The molecule has 0 saturated heterocycles. The Balaban J connectivity index is 1.93. The fourth-order valence-corrected chi connectivity index (χ4v) is 2.92. The number of pyridine rings is 1. The molecule has 1 saturated carbocycles. The van der Waals surface area contributed by atoms with E-state index in [1.165, 1.54) is 31.4 Å². The van der Waals surface area contributed by atoms with Crippen molar-refractivity contribution < 1.29 is 0 Å². The third-order valence-electron chi connectivity index (χ3n) is 4.41. The minimum Gasteiger partial charge on any atom is -0.317 e. The Bertz CT molecular complexity index is 344. The molecule has 0 aromatic carbocycles. The van der Waals surface area contributed by atoms with E-state index in [0.29, 0.717) is 12.1 Å². The molecule has 1 aromatic heterocycles. The van der Waals surface area contributed by atoms with Crippen molar-refractivity contribution >= 4 is 0 Å². The fraction of sp³-hybridized carbons (Fsp3) is 0.667. The van der Waals surface area contributed by atoms with Gasteiger partial charge in [0.15, 0.2) is 0 Å². The number of hydrogen-bond donors (Lipinski definition) is 1. The minimum absolute atomic E-state index is 0.405. The molecule has 100 valence electrons. The van der Waals surface area contributed by atoms with Crippen LogP contribution in [0.3, 0.4) is 0 Å². The number of rotatable bonds is 4. The van der Waals surface area contributed by atoms with Crippen molar-refractivity contribution in [2.45, 2.75) is 50.7 Å². The van der Waals surface area contributed by atoms with Crippen LogP contribution in [0.25, 0.3) is 0 Å². The summed E-state index contributed by atoms with van der Waals surface area (Å²) >= 11 is 0. The van der Waals surface area contributed by atoms with E-state index in [-0.39, 0.29) is 0 Å². The lowest BCUT2D eigenvalue weighted by molar-refractivity contribution is 0.134. The summed E-state index contributed by atoms with van der Waals surface area (Å²) in [5, 5.41) is 3.39. The van der Waals surface area contributed by atoms with Crippen molar-refractivity contribution in [2.75, 3.05) is 14.1 Å². The number of aromatic nitrogens is 1. The Morgan fingerprint density at radius 1 is 1.28 bits per heavy atom. The highest BCUT2D eigenvalue weighted by Gasteiger charge is 2.26. The van der Waals surface area contributed by atoms with E-state index in [1.807, 2.05) is 12.3 Å². The van der Waals surface area contributed by atoms with Crippen molar-refractivity contribution in [2.24, 2.45) is 0 Å². The first kappa shape index (κ1) is 13.5. The van der Waals surface area contributed by atoms with E-state index in [0.717, 1.165) is 6.04 Å². The van der Waals surface area contributed by atoms with Gasteiger partial charge in [0.05, 0.1) is 5.69 Å². The summed E-state index contributed by atoms with van der Waals surface area (Å²) in [7, 11) is 4.31. The Labute approximate surface area is 111 Å². The van der Waals surface area contributed by atoms with Crippen LogP contribution in [0.1, 0.15) is 44.3 Å². The van der Waals surface area contributed by atoms with Gasteiger partial charge in [-0.25, -0.2) is 0 Å². The highest BCUT2D eigenvalue weighted by atomic mass is 15.2. The third-order valence-corrected chi connectivity index (χ3v) is 4.41. The van der Waals surface area contributed by atoms with Crippen LogP contribution in [0.5, 0.6) is 0 Å². The maximum atomic E-state index is 4.47. The maximum absolute atomic E-state index is 4.47. The van der Waals surface area contributed by atoms with Crippen molar-refractivity contribution in [3.8, 4) is 0 Å². The zero-order valence-electron chi connectivity index (χ0n) is 11.8. The molecule has 3 nitrogen and oxygen atoms in total. The summed E-state index contributed by atoms with van der Waals surface area (Å²) in [6, 6.07) is 8.01. The third kappa shape index (κ3) is 3.09. The summed E-state index contributed by atoms with van der Waals surface area (Å²) in [5.74, 6) is 0. The monoisotopic (exact) mass is 247 g/mol. The van der Waals surface area contributed by atoms with Gasteiger partial charge < -0.3 is 5.32 Å². The second kappa shape index (κ2) is 6.30. The first-order chi connectivity index (χ1) is 8.72. The molecule has 1 unspecified atom stereocenters. The van der Waals surface area contributed by atoms with Crippen LogP contribution in [0, 0.1) is 0 Å². The molecule has 0 amide bonds. The number of nitrogens with zero attached hydrogens (tertiary/aromatic N) is 2. The van der Waals surface area contributed by atoms with Crippen molar-refractivity contribution in [3.63, 3.8) is 0 Å². The highest BCUT2D eigenvalue weighted by molar-refractivity contribution is 5.08. The molecule has 1 aliphatic rings. The molecule has 3 heteroatoms. The van der Waals surface area contributed by atoms with Crippen molar-refractivity contribution in [1.29, 1.82) is 0 Å². The van der Waals surface area contributed by atoms with Crippen LogP contribution in [0.4, 0.5) is 0 Å². The summed E-state index contributed by atoms with van der Waals surface area (Å²) < 4.78 is 0. The molecule has 0 aliphatic heterocycles. The lowest BCUT2D eigenvalue weighted by Crippen LogP contribution is -2.40. The van der Waals surface area contributed by atoms with Crippen LogP contribution in [-0.4, -0.2) is 36.1 Å². The number of nitrogens with one attached hydrogen (secondary N) is 1. The normalized spacial score (nSPS) is 26.2. The average molecular weight is 247 g/mol. The standard InChI is InChI=1S/C15H25N3/c1-12(15-6-4-5-11-17-15)18(3)14-9-7-13(16-2)8-10-14/h4-6,11-14,16H,7-10H2,1-3H3. The van der Waals surface area contributed by atoms with Gasteiger partial charge in [0, 0.05) is 24.3 Å². The smallest absolute Gasteiger partial charge is 0.0572 e. The molecular weight excluding hydrogens is 222 g/mol. The molecule has 18 heavy (non-hydrogen) atoms. The molecule has 1 fully saturated rings. The van der Waals surface area contributed by atoms with Crippen LogP contribution in [0.2, 0.25) is 0 Å². The summed E-state index contributed by atoms with van der Waals surface area (Å²) in [4.78, 5) is 6.97. The van der Waals surface area contributed by atoms with Crippen LogP contribution < -0.4 is 5.32 Å². The topological polar surface area (TPSA) is 28.2 Å². The largest absolute Gasteiger partial charge is 0.317 e. The molecule has 1 N–H and O–H groups in total. The van der Waals surface area contributed by atoms with E-state index in [2.05, 4.69) is 48.4 Å². The van der Waals surface area contributed by atoms with Gasteiger partial charge in [-0.15, -0.1) is 0 Å². The van der Waals surface area contributed by atoms with Gasteiger partial charge in [0.25, 0.3) is 0 Å². The van der Waals surface area contributed by atoms with E-state index >= 15 is 0 Å². The van der Waals surface area contributed by atoms with Gasteiger partial charge in [-0.2, -0.15) is 0 Å². The second-order valence-electron chi connectivity index (χ2n) is 5.39. The molecule has 1 heterocycles. The van der Waals surface area contributed by atoms with Gasteiger partial charge in [-0.3, -0.25) is 9.88 Å². The van der Waals surface area contributed by atoms with E-state index in [1.54, 1.807) is 0 Å². The van der Waals surface area contributed by atoms with Gasteiger partial charge in [0.2, 0.25) is 0 Å². The van der Waals surface area contributed by atoms with E-state index in [9.17, 15) is 0 Å². The quantitative estimate of drug-likeness (QED) is 0.886. The molecular formula is C15H25N3. The molecule has 0 radical (unpaired) electrons. The van der Waals surface area contributed by atoms with Gasteiger partial charge in [0.1, 0.15) is 0 Å². The highest BCUT2D eigenvalue weighted by Crippen LogP contribution is 2.27. The zero-order valence-corrected chi connectivity index (χ0v) is 11.8. The maximum Gasteiger partial charge on any atom is 0.0572 e. The Morgan fingerprint density at radius 3 is 2.56 bits per heavy atom. The molecule has 2 rings (SSSR count).